The zero-order valence-electron chi connectivity index (χ0n) is 12.0. The molecule has 5 heteroatoms. The zero-order valence-corrected chi connectivity index (χ0v) is 12.0. The molecule has 0 heterocycles. The van der Waals surface area contributed by atoms with E-state index in [1.165, 1.54) is 5.56 Å². The van der Waals surface area contributed by atoms with E-state index in [-0.39, 0.29) is 5.92 Å². The molecule has 1 aromatic carbocycles. The largest absolute Gasteiger partial charge is 0.493 e. The number of nitrogens with zero attached hydrogens (tertiary/aromatic N) is 1. The van der Waals surface area contributed by atoms with Crippen LogP contribution in [-0.4, -0.2) is 29.5 Å². The molecule has 1 saturated carbocycles. The van der Waals surface area contributed by atoms with Crippen LogP contribution < -0.4 is 10.5 Å². The van der Waals surface area contributed by atoms with E-state index in [2.05, 4.69) is 13.8 Å². The lowest BCUT2D eigenvalue weighted by Crippen LogP contribution is -2.34. The smallest absolute Gasteiger partial charge is 0.338 e. The Morgan fingerprint density at radius 3 is 2.65 bits per heavy atom. The third-order valence-electron chi connectivity index (χ3n) is 3.48. The summed E-state index contributed by atoms with van der Waals surface area (Å²) in [4.78, 5) is 10.8. The fraction of sp³-hybridized carbons (Fsp3) is 0.533. The van der Waals surface area contributed by atoms with Gasteiger partial charge in [-0.25, -0.2) is 9.86 Å². The maximum absolute atomic E-state index is 10.8. The fourth-order valence-electron chi connectivity index (χ4n) is 2.24. The Balaban J connectivity index is 1.84. The highest BCUT2D eigenvalue weighted by atomic mass is 16.5. The van der Waals surface area contributed by atoms with Crippen LogP contribution in [0.3, 0.4) is 0 Å². The molecule has 0 bridgehead atoms. The lowest BCUT2D eigenvalue weighted by molar-refractivity contribution is -0.0431. The van der Waals surface area contributed by atoms with E-state index in [1.807, 2.05) is 24.3 Å². The first kappa shape index (κ1) is 14.7. The lowest BCUT2D eigenvalue weighted by Gasteiger charge is -2.11. The van der Waals surface area contributed by atoms with Gasteiger partial charge in [0.15, 0.2) is 0 Å². The summed E-state index contributed by atoms with van der Waals surface area (Å²) in [6.07, 6.45) is 0.969. The van der Waals surface area contributed by atoms with Crippen molar-refractivity contribution >= 4 is 6.03 Å². The Bertz CT molecular complexity index is 459. The average Bonchev–Trinajstić information content (AvgIpc) is 3.16. The molecule has 2 unspecified atom stereocenters. The number of ether oxygens (including phenoxy) is 1. The summed E-state index contributed by atoms with van der Waals surface area (Å²) in [5.74, 6) is 2.06. The van der Waals surface area contributed by atoms with E-state index < -0.39 is 6.03 Å². The van der Waals surface area contributed by atoms with Gasteiger partial charge in [0, 0.05) is 0 Å². The summed E-state index contributed by atoms with van der Waals surface area (Å²) >= 11 is 0. The van der Waals surface area contributed by atoms with Crippen LogP contribution in [0, 0.1) is 11.8 Å². The number of hydroxylamine groups is 2. The predicted molar refractivity (Wildman–Crippen MR) is 75.7 cm³/mol. The molecular formula is C15H22N2O3. The molecule has 2 amide bonds. The van der Waals surface area contributed by atoms with Gasteiger partial charge in [0.25, 0.3) is 0 Å². The third-order valence-corrected chi connectivity index (χ3v) is 3.48. The van der Waals surface area contributed by atoms with Gasteiger partial charge in [0.05, 0.1) is 13.2 Å². The molecule has 0 aliphatic heterocycles. The number of urea groups is 1. The number of hydrogen-bond donors (Lipinski definition) is 2. The van der Waals surface area contributed by atoms with Crippen LogP contribution in [0.15, 0.2) is 24.3 Å². The summed E-state index contributed by atoms with van der Waals surface area (Å²) in [5.41, 5.74) is 6.21. The zero-order chi connectivity index (χ0) is 14.7. The van der Waals surface area contributed by atoms with Gasteiger partial charge in [-0.2, -0.15) is 0 Å². The molecule has 1 fully saturated rings. The molecule has 0 saturated heterocycles. The summed E-state index contributed by atoms with van der Waals surface area (Å²) < 4.78 is 5.64. The summed E-state index contributed by atoms with van der Waals surface area (Å²) in [5, 5.41) is 9.89. The normalized spacial score (nSPS) is 20.8. The van der Waals surface area contributed by atoms with Crippen molar-refractivity contribution in [3.63, 3.8) is 0 Å². The van der Waals surface area contributed by atoms with Gasteiger partial charge in [-0.1, -0.05) is 26.0 Å². The van der Waals surface area contributed by atoms with E-state index in [0.29, 0.717) is 30.1 Å². The minimum atomic E-state index is -0.798. The number of carbonyl (C=O) groups excluding carboxylic acids is 1. The highest BCUT2D eigenvalue weighted by Gasteiger charge is 2.39. The van der Waals surface area contributed by atoms with Crippen LogP contribution in [0.5, 0.6) is 5.75 Å². The SMILES string of the molecule is CC(C)COc1ccc(C2CC2CN(O)C(N)=O)cc1. The molecule has 0 radical (unpaired) electrons. The molecule has 2 atom stereocenters. The summed E-state index contributed by atoms with van der Waals surface area (Å²) in [6, 6.07) is 7.24. The first-order valence-electron chi connectivity index (χ1n) is 6.96. The van der Waals surface area contributed by atoms with Crippen LogP contribution in [0.4, 0.5) is 4.79 Å². The maximum atomic E-state index is 10.8. The number of nitrogens with two attached hydrogens (primary N) is 1. The molecule has 20 heavy (non-hydrogen) atoms. The highest BCUT2D eigenvalue weighted by Crippen LogP contribution is 2.47. The van der Waals surface area contributed by atoms with E-state index in [4.69, 9.17) is 10.5 Å². The van der Waals surface area contributed by atoms with Crippen LogP contribution >= 0.6 is 0 Å². The monoisotopic (exact) mass is 278 g/mol. The minimum Gasteiger partial charge on any atom is -0.493 e. The lowest BCUT2D eigenvalue weighted by atomic mass is 10.1. The first-order chi connectivity index (χ1) is 9.47. The molecule has 1 aliphatic carbocycles. The van der Waals surface area contributed by atoms with Gasteiger partial charge in [-0.05, 0) is 41.9 Å². The van der Waals surface area contributed by atoms with Gasteiger partial charge in [0.1, 0.15) is 5.75 Å². The molecule has 5 nitrogen and oxygen atoms in total. The first-order valence-corrected chi connectivity index (χ1v) is 6.96. The van der Waals surface area contributed by atoms with Crippen molar-refractivity contribution in [2.24, 2.45) is 17.6 Å². The van der Waals surface area contributed by atoms with Crippen molar-refractivity contribution in [3.05, 3.63) is 29.8 Å². The van der Waals surface area contributed by atoms with Crippen molar-refractivity contribution in [2.45, 2.75) is 26.2 Å². The van der Waals surface area contributed by atoms with Gasteiger partial charge >= 0.3 is 6.03 Å². The standard InChI is InChI=1S/C15H22N2O3/c1-10(2)9-20-13-5-3-11(4-6-13)14-7-12(14)8-17(19)15(16)18/h3-6,10,12,14,19H,7-9H2,1-2H3,(H2,16,18). The summed E-state index contributed by atoms with van der Waals surface area (Å²) in [7, 11) is 0. The molecule has 110 valence electrons. The minimum absolute atomic E-state index is 0.287. The van der Waals surface area contributed by atoms with Gasteiger partial charge in [0.2, 0.25) is 0 Å². The Hall–Kier alpha value is -1.75. The molecule has 1 aliphatic rings. The quantitative estimate of drug-likeness (QED) is 0.620. The van der Waals surface area contributed by atoms with E-state index in [9.17, 15) is 10.0 Å². The van der Waals surface area contributed by atoms with Crippen LogP contribution in [-0.2, 0) is 0 Å². The second-order valence-electron chi connectivity index (χ2n) is 5.80. The fourth-order valence-corrected chi connectivity index (χ4v) is 2.24. The predicted octanol–water partition coefficient (Wildman–Crippen LogP) is 2.59. The molecule has 2 rings (SSSR count). The Kier molecular flexibility index (Phi) is 4.49. The van der Waals surface area contributed by atoms with Gasteiger partial charge < -0.3 is 10.5 Å². The number of hydrogen-bond acceptors (Lipinski definition) is 3. The number of rotatable bonds is 6. The summed E-state index contributed by atoms with van der Waals surface area (Å²) in [6.45, 7) is 5.24. The van der Waals surface area contributed by atoms with Gasteiger partial charge in [-0.3, -0.25) is 5.21 Å². The van der Waals surface area contributed by atoms with Crippen molar-refractivity contribution in [3.8, 4) is 5.75 Å². The number of benzene rings is 1. The van der Waals surface area contributed by atoms with E-state index in [1.54, 1.807) is 0 Å². The Morgan fingerprint density at radius 1 is 1.45 bits per heavy atom. The Morgan fingerprint density at radius 2 is 2.10 bits per heavy atom. The topological polar surface area (TPSA) is 75.8 Å². The van der Waals surface area contributed by atoms with Crippen LogP contribution in [0.2, 0.25) is 0 Å². The molecule has 0 aromatic heterocycles. The van der Waals surface area contributed by atoms with E-state index >= 15 is 0 Å². The van der Waals surface area contributed by atoms with Crippen LogP contribution in [0.1, 0.15) is 31.7 Å². The van der Waals surface area contributed by atoms with Crippen molar-refractivity contribution in [1.82, 2.24) is 5.06 Å². The second-order valence-corrected chi connectivity index (χ2v) is 5.80. The average molecular weight is 278 g/mol. The van der Waals surface area contributed by atoms with E-state index in [0.717, 1.165) is 12.2 Å². The van der Waals surface area contributed by atoms with Crippen molar-refractivity contribution in [2.75, 3.05) is 13.2 Å². The molecular weight excluding hydrogens is 256 g/mol. The van der Waals surface area contributed by atoms with Crippen molar-refractivity contribution < 1.29 is 14.7 Å². The Labute approximate surface area is 119 Å². The number of primary amides is 1. The second kappa shape index (κ2) is 6.13. The van der Waals surface area contributed by atoms with Gasteiger partial charge in [-0.15, -0.1) is 0 Å². The molecule has 0 spiro atoms. The van der Waals surface area contributed by atoms with Crippen LogP contribution in [0.25, 0.3) is 0 Å². The third kappa shape index (κ3) is 3.87. The molecule has 3 N–H and O–H groups in total. The van der Waals surface area contributed by atoms with Crippen molar-refractivity contribution in [1.29, 1.82) is 0 Å². The number of carbonyl (C=O) groups is 1. The highest BCUT2D eigenvalue weighted by molar-refractivity contribution is 5.70. The number of amides is 2. The maximum Gasteiger partial charge on any atom is 0.338 e. The molecule has 1 aromatic rings.